The first-order valence-electron chi connectivity index (χ1n) is 8.63. The second-order valence-electron chi connectivity index (χ2n) is 6.17. The van der Waals surface area contributed by atoms with E-state index in [1.165, 1.54) is 18.5 Å². The van der Waals surface area contributed by atoms with E-state index in [1.54, 1.807) is 23.0 Å². The van der Waals surface area contributed by atoms with Crippen LogP contribution in [0.3, 0.4) is 0 Å². The van der Waals surface area contributed by atoms with Crippen LogP contribution in [0.1, 0.15) is 17.1 Å². The zero-order valence-corrected chi connectivity index (χ0v) is 17.3. The van der Waals surface area contributed by atoms with Crippen molar-refractivity contribution in [1.82, 2.24) is 20.0 Å². The molecule has 1 aromatic carbocycles. The summed E-state index contributed by atoms with van der Waals surface area (Å²) in [5, 5.41) is 15.1. The molecule has 2 heterocycles. The molecule has 0 saturated heterocycles. The zero-order chi connectivity index (χ0) is 23.9. The number of benzene rings is 1. The summed E-state index contributed by atoms with van der Waals surface area (Å²) >= 11 is 0. The minimum atomic E-state index is -5.08. The molecule has 3 aromatic rings. The molecule has 0 aliphatic carbocycles. The van der Waals surface area contributed by atoms with Gasteiger partial charge >= 0.3 is 12.1 Å². The third-order valence-electron chi connectivity index (χ3n) is 3.67. The van der Waals surface area contributed by atoms with Gasteiger partial charge in [-0.3, -0.25) is 0 Å². The lowest BCUT2D eigenvalue weighted by Crippen LogP contribution is -2.21. The van der Waals surface area contributed by atoms with Gasteiger partial charge in [0.25, 0.3) is 0 Å². The summed E-state index contributed by atoms with van der Waals surface area (Å²) in [5.74, 6) is -1.71. The molecule has 0 aliphatic rings. The Morgan fingerprint density at radius 2 is 2.03 bits per heavy atom. The van der Waals surface area contributed by atoms with Crippen molar-refractivity contribution in [3.63, 3.8) is 0 Å². The lowest BCUT2D eigenvalue weighted by molar-refractivity contribution is -0.192. The number of carboxylic acids is 1. The van der Waals surface area contributed by atoms with Crippen molar-refractivity contribution >= 4 is 15.8 Å². The topological polar surface area (TPSA) is 163 Å². The molecule has 174 valence electrons. The maximum Gasteiger partial charge on any atom is 0.490 e. The number of oxazole rings is 1. The van der Waals surface area contributed by atoms with E-state index >= 15 is 0 Å². The number of aliphatic carboxylic acids is 1. The van der Waals surface area contributed by atoms with Gasteiger partial charge in [-0.25, -0.2) is 22.9 Å². The average Bonchev–Trinajstić information content (AvgIpc) is 3.35. The summed E-state index contributed by atoms with van der Waals surface area (Å²) in [4.78, 5) is 13.2. The van der Waals surface area contributed by atoms with Gasteiger partial charge in [-0.15, -0.1) is 5.10 Å². The maximum atomic E-state index is 11.6. The monoisotopic (exact) mass is 477 g/mol. The molecular formula is C17H18F3N5O6S. The molecule has 0 bridgehead atoms. The largest absolute Gasteiger partial charge is 0.490 e. The molecule has 3 N–H and O–H groups in total. The number of rotatable bonds is 7. The van der Waals surface area contributed by atoms with Gasteiger partial charge in [0.05, 0.1) is 24.2 Å². The molecule has 11 nitrogen and oxygen atoms in total. The average molecular weight is 477 g/mol. The number of nitrogens with two attached hydrogens (primary N) is 1. The second-order valence-corrected chi connectivity index (χ2v) is 8.19. The Kier molecular flexibility index (Phi) is 7.93. The number of halogens is 3. The smallest absolute Gasteiger partial charge is 0.487 e. The summed E-state index contributed by atoms with van der Waals surface area (Å²) in [6.45, 7) is 0.812. The van der Waals surface area contributed by atoms with Gasteiger partial charge < -0.3 is 20.0 Å². The van der Waals surface area contributed by atoms with E-state index in [-0.39, 0.29) is 18.0 Å². The Labute approximate surface area is 179 Å². The van der Waals surface area contributed by atoms with Crippen molar-refractivity contribution < 1.29 is 40.6 Å². The number of sulfone groups is 1. The molecule has 0 atom stereocenters. The quantitative estimate of drug-likeness (QED) is 0.508. The van der Waals surface area contributed by atoms with Crippen LogP contribution in [-0.4, -0.2) is 51.9 Å². The van der Waals surface area contributed by atoms with Crippen molar-refractivity contribution in [3.8, 4) is 5.75 Å². The fourth-order valence-electron chi connectivity index (χ4n) is 2.18. The summed E-state index contributed by atoms with van der Waals surface area (Å²) in [7, 11) is -3.28. The van der Waals surface area contributed by atoms with Gasteiger partial charge in [0, 0.05) is 6.26 Å². The Hall–Kier alpha value is -3.46. The third kappa shape index (κ3) is 7.35. The highest BCUT2D eigenvalue weighted by molar-refractivity contribution is 7.90. The normalized spacial score (nSPS) is 11.5. The molecule has 0 radical (unpaired) electrons. The number of ether oxygens (including phenoxy) is 1. The van der Waals surface area contributed by atoms with Crippen molar-refractivity contribution in [2.24, 2.45) is 5.73 Å². The Bertz CT molecular complexity index is 1160. The van der Waals surface area contributed by atoms with E-state index in [2.05, 4.69) is 15.3 Å². The van der Waals surface area contributed by atoms with E-state index in [9.17, 15) is 21.6 Å². The first-order valence-corrected chi connectivity index (χ1v) is 10.5. The Balaban J connectivity index is 0.000000451. The van der Waals surface area contributed by atoms with Gasteiger partial charge in [0.1, 0.15) is 29.5 Å². The molecular weight excluding hydrogens is 459 g/mol. The molecule has 0 saturated carbocycles. The van der Waals surface area contributed by atoms with Crippen molar-refractivity contribution in [3.05, 3.63) is 54.0 Å². The molecule has 32 heavy (non-hydrogen) atoms. The van der Waals surface area contributed by atoms with Crippen LogP contribution in [0.4, 0.5) is 13.2 Å². The first kappa shape index (κ1) is 24.8. The molecule has 3 rings (SSSR count). The lowest BCUT2D eigenvalue weighted by Gasteiger charge is -2.05. The minimum Gasteiger partial charge on any atom is -0.487 e. The minimum absolute atomic E-state index is 0.162. The highest BCUT2D eigenvalue weighted by atomic mass is 32.2. The van der Waals surface area contributed by atoms with Gasteiger partial charge in [-0.05, 0) is 18.2 Å². The second kappa shape index (κ2) is 10.2. The molecule has 15 heteroatoms. The summed E-state index contributed by atoms with van der Waals surface area (Å²) < 4.78 is 67.2. The highest BCUT2D eigenvalue weighted by Gasteiger charge is 2.38. The Morgan fingerprint density at radius 3 is 2.62 bits per heavy atom. The van der Waals surface area contributed by atoms with E-state index in [0.29, 0.717) is 29.4 Å². The van der Waals surface area contributed by atoms with Crippen LogP contribution in [0.5, 0.6) is 5.75 Å². The van der Waals surface area contributed by atoms with Crippen LogP contribution in [0.15, 0.2) is 46.2 Å². The van der Waals surface area contributed by atoms with Crippen molar-refractivity contribution in [2.75, 3.05) is 6.26 Å². The van der Waals surface area contributed by atoms with Crippen LogP contribution in [0, 0.1) is 0 Å². The van der Waals surface area contributed by atoms with Crippen molar-refractivity contribution in [2.45, 2.75) is 30.8 Å². The lowest BCUT2D eigenvalue weighted by atomic mass is 10.3. The number of hydrogen-bond donors (Lipinski definition) is 2. The van der Waals surface area contributed by atoms with Crippen LogP contribution < -0.4 is 10.5 Å². The predicted octanol–water partition coefficient (Wildman–Crippen LogP) is 1.39. The number of aromatic nitrogens is 4. The summed E-state index contributed by atoms with van der Waals surface area (Å²) in [6.07, 6.45) is -0.875. The van der Waals surface area contributed by atoms with Crippen LogP contribution >= 0.6 is 0 Å². The maximum absolute atomic E-state index is 11.6. The predicted molar refractivity (Wildman–Crippen MR) is 101 cm³/mol. The van der Waals surface area contributed by atoms with E-state index in [4.69, 9.17) is 24.8 Å². The molecule has 0 fully saturated rings. The number of hydrogen-bond acceptors (Lipinski definition) is 9. The standard InChI is InChI=1S/C15H17N5O4S.C2HF3O2/c1-25(21,22)13-4-2-3-12(5-13)23-9-11-7-20(19-18-11)8-14-15(6-16)24-10-17-14;3-2(4,5)1(6)7/h2-5,7,10H,6,8-9,16H2,1H3;(H,6,7). The first-order chi connectivity index (χ1) is 14.9. The van der Waals surface area contributed by atoms with E-state index in [1.807, 2.05) is 0 Å². The third-order valence-corrected chi connectivity index (χ3v) is 4.78. The number of nitrogens with zero attached hydrogens (tertiary/aromatic N) is 4. The molecule has 0 unspecified atom stereocenters. The van der Waals surface area contributed by atoms with Crippen molar-refractivity contribution in [1.29, 1.82) is 0 Å². The molecule has 0 amide bonds. The zero-order valence-electron chi connectivity index (χ0n) is 16.5. The fourth-order valence-corrected chi connectivity index (χ4v) is 2.83. The SMILES string of the molecule is CS(=O)(=O)c1cccc(OCc2cn(Cc3ncoc3CN)nn2)c1.O=C(O)C(F)(F)F. The summed E-state index contributed by atoms with van der Waals surface area (Å²) in [5.41, 5.74) is 6.86. The van der Waals surface area contributed by atoms with Crippen LogP contribution in [-0.2, 0) is 34.3 Å². The number of carbonyl (C=O) groups is 1. The van der Waals surface area contributed by atoms with Crippen LogP contribution in [0.2, 0.25) is 0 Å². The van der Waals surface area contributed by atoms with Gasteiger partial charge in [0.15, 0.2) is 16.2 Å². The summed E-state index contributed by atoms with van der Waals surface area (Å²) in [6, 6.07) is 6.30. The van der Waals surface area contributed by atoms with E-state index in [0.717, 1.165) is 6.26 Å². The molecule has 0 aliphatic heterocycles. The van der Waals surface area contributed by atoms with Gasteiger partial charge in [0.2, 0.25) is 0 Å². The van der Waals surface area contributed by atoms with Crippen LogP contribution in [0.25, 0.3) is 0 Å². The molecule has 2 aromatic heterocycles. The number of carboxylic acid groups (broad SMARTS) is 1. The van der Waals surface area contributed by atoms with E-state index < -0.39 is 22.0 Å². The Morgan fingerprint density at radius 1 is 1.34 bits per heavy atom. The van der Waals surface area contributed by atoms with Gasteiger partial charge in [-0.1, -0.05) is 11.3 Å². The van der Waals surface area contributed by atoms with Gasteiger partial charge in [-0.2, -0.15) is 13.2 Å². The highest BCUT2D eigenvalue weighted by Crippen LogP contribution is 2.18. The molecule has 0 spiro atoms. The number of alkyl halides is 3. The fraction of sp³-hybridized carbons (Fsp3) is 0.294.